The number of halogens is 2. The summed E-state index contributed by atoms with van der Waals surface area (Å²) in [4.78, 5) is 38.0. The first-order valence-electron chi connectivity index (χ1n) is 8.55. The fourth-order valence-electron chi connectivity index (χ4n) is 3.01. The zero-order chi connectivity index (χ0) is 20.5. The van der Waals surface area contributed by atoms with Gasteiger partial charge >= 0.3 is 6.03 Å². The largest absolute Gasteiger partial charge is 0.336 e. The second kappa shape index (κ2) is 7.37. The Kier molecular flexibility index (Phi) is 4.74. The molecule has 0 saturated carbocycles. The molecule has 0 radical (unpaired) electrons. The van der Waals surface area contributed by atoms with Crippen molar-refractivity contribution in [3.8, 4) is 5.69 Å². The van der Waals surface area contributed by atoms with Crippen LogP contribution in [0.15, 0.2) is 72.4 Å². The van der Waals surface area contributed by atoms with Crippen molar-refractivity contribution in [2.24, 2.45) is 0 Å². The van der Waals surface area contributed by atoms with Gasteiger partial charge in [-0.2, -0.15) is 0 Å². The van der Waals surface area contributed by atoms with Crippen LogP contribution < -0.4 is 10.2 Å². The van der Waals surface area contributed by atoms with Crippen molar-refractivity contribution in [3.63, 3.8) is 0 Å². The molecule has 1 saturated heterocycles. The molecule has 1 aliphatic rings. The maximum Gasteiger partial charge on any atom is 0.336 e. The van der Waals surface area contributed by atoms with E-state index in [9.17, 15) is 18.8 Å². The summed E-state index contributed by atoms with van der Waals surface area (Å²) < 4.78 is 15.9. The molecular formula is C21H13ClFN3O3. The Morgan fingerprint density at radius 1 is 0.931 bits per heavy atom. The average molecular weight is 410 g/mol. The van der Waals surface area contributed by atoms with Crippen LogP contribution in [-0.2, 0) is 9.59 Å². The highest BCUT2D eigenvalue weighted by Crippen LogP contribution is 2.25. The number of hydrogen-bond donors (Lipinski definition) is 1. The van der Waals surface area contributed by atoms with Crippen LogP contribution >= 0.6 is 11.6 Å². The predicted octanol–water partition coefficient (Wildman–Crippen LogP) is 3.94. The van der Waals surface area contributed by atoms with E-state index in [0.29, 0.717) is 15.6 Å². The maximum absolute atomic E-state index is 14.1. The smallest absolute Gasteiger partial charge is 0.317 e. The third-order valence-electron chi connectivity index (χ3n) is 4.37. The van der Waals surface area contributed by atoms with E-state index in [2.05, 4.69) is 5.32 Å². The molecule has 6 nitrogen and oxygen atoms in total. The quantitative estimate of drug-likeness (QED) is 0.526. The normalized spacial score (nSPS) is 15.7. The number of nitrogens with one attached hydrogen (secondary N) is 1. The summed E-state index contributed by atoms with van der Waals surface area (Å²) in [5.41, 5.74) is 0.758. The van der Waals surface area contributed by atoms with E-state index in [1.807, 2.05) is 0 Å². The summed E-state index contributed by atoms with van der Waals surface area (Å²) in [7, 11) is 0. The lowest BCUT2D eigenvalue weighted by Gasteiger charge is -2.26. The molecule has 4 amide bonds. The lowest BCUT2D eigenvalue weighted by Crippen LogP contribution is -2.54. The summed E-state index contributed by atoms with van der Waals surface area (Å²) in [6.07, 6.45) is 3.10. The molecule has 8 heteroatoms. The lowest BCUT2D eigenvalue weighted by atomic mass is 10.1. The summed E-state index contributed by atoms with van der Waals surface area (Å²) in [5.74, 6) is -2.52. The number of carbonyl (C=O) groups is 3. The first-order chi connectivity index (χ1) is 14.0. The summed E-state index contributed by atoms with van der Waals surface area (Å²) in [5, 5.41) is 2.65. The highest BCUT2D eigenvalue weighted by atomic mass is 35.5. The van der Waals surface area contributed by atoms with Gasteiger partial charge in [-0.3, -0.25) is 14.9 Å². The van der Waals surface area contributed by atoms with Crippen molar-refractivity contribution in [1.82, 2.24) is 9.88 Å². The minimum Gasteiger partial charge on any atom is -0.317 e. The maximum atomic E-state index is 14.1. The molecule has 1 aliphatic heterocycles. The molecule has 4 rings (SSSR count). The molecule has 0 unspecified atom stereocenters. The Morgan fingerprint density at radius 3 is 2.38 bits per heavy atom. The van der Waals surface area contributed by atoms with E-state index < -0.39 is 23.7 Å². The molecule has 0 bridgehead atoms. The highest BCUT2D eigenvalue weighted by molar-refractivity contribution is 6.39. The monoisotopic (exact) mass is 409 g/mol. The molecule has 0 aliphatic carbocycles. The Hall–Kier alpha value is -3.71. The number of urea groups is 1. The Bertz CT molecular complexity index is 1170. The number of anilines is 1. The second-order valence-corrected chi connectivity index (χ2v) is 6.63. The second-order valence-electron chi connectivity index (χ2n) is 6.19. The molecule has 29 heavy (non-hydrogen) atoms. The minimum absolute atomic E-state index is 0.235. The van der Waals surface area contributed by atoms with Crippen LogP contribution in [0.25, 0.3) is 11.8 Å². The summed E-state index contributed by atoms with van der Waals surface area (Å²) in [6.45, 7) is 0. The van der Waals surface area contributed by atoms with Crippen LogP contribution in [0.1, 0.15) is 5.69 Å². The number of imide groups is 2. The molecule has 1 fully saturated rings. The first kappa shape index (κ1) is 18.6. The third kappa shape index (κ3) is 3.43. The molecule has 2 heterocycles. The highest BCUT2D eigenvalue weighted by Gasteiger charge is 2.38. The van der Waals surface area contributed by atoms with Gasteiger partial charge in [-0.05, 0) is 54.6 Å². The van der Waals surface area contributed by atoms with Crippen molar-refractivity contribution in [1.29, 1.82) is 0 Å². The van der Waals surface area contributed by atoms with Crippen molar-refractivity contribution in [2.75, 3.05) is 4.90 Å². The third-order valence-corrected chi connectivity index (χ3v) is 4.62. The van der Waals surface area contributed by atoms with Gasteiger partial charge in [0, 0.05) is 22.6 Å². The van der Waals surface area contributed by atoms with Gasteiger partial charge < -0.3 is 4.57 Å². The molecule has 0 atom stereocenters. The van der Waals surface area contributed by atoms with E-state index in [1.165, 1.54) is 24.3 Å². The standard InChI is InChI=1S/C21H13ClFN3O3/c22-13-7-9-14(10-8-13)25-11-3-4-15(25)12-16-19(27)24-21(29)26(20(16)28)18-6-2-1-5-17(18)23/h1-12H,(H,24,27,29)/b16-12-. The van der Waals surface area contributed by atoms with E-state index >= 15 is 0 Å². The van der Waals surface area contributed by atoms with Crippen LogP contribution in [-0.4, -0.2) is 22.4 Å². The number of carbonyl (C=O) groups excluding carboxylic acids is 3. The number of nitrogens with zero attached hydrogens (tertiary/aromatic N) is 2. The Balaban J connectivity index is 1.76. The lowest BCUT2D eigenvalue weighted by molar-refractivity contribution is -0.122. The van der Waals surface area contributed by atoms with Crippen LogP contribution in [0, 0.1) is 5.82 Å². The van der Waals surface area contributed by atoms with E-state index in [1.54, 1.807) is 47.2 Å². The van der Waals surface area contributed by atoms with Gasteiger partial charge in [0.15, 0.2) is 0 Å². The Labute approximate surface area is 169 Å². The van der Waals surface area contributed by atoms with Crippen LogP contribution in [0.2, 0.25) is 5.02 Å². The molecule has 3 aromatic rings. The van der Waals surface area contributed by atoms with Gasteiger partial charge in [-0.25, -0.2) is 14.1 Å². The number of para-hydroxylation sites is 1. The molecule has 0 spiro atoms. The molecule has 1 aromatic heterocycles. The minimum atomic E-state index is -1.00. The van der Waals surface area contributed by atoms with Gasteiger partial charge in [0.1, 0.15) is 11.4 Å². The Morgan fingerprint density at radius 2 is 1.66 bits per heavy atom. The summed E-state index contributed by atoms with van der Waals surface area (Å²) >= 11 is 5.92. The van der Waals surface area contributed by atoms with Crippen molar-refractivity contribution >= 4 is 41.2 Å². The van der Waals surface area contributed by atoms with E-state index in [-0.39, 0.29) is 11.3 Å². The summed E-state index contributed by atoms with van der Waals surface area (Å²) in [6, 6.07) is 14.8. The molecule has 144 valence electrons. The average Bonchev–Trinajstić information content (AvgIpc) is 3.15. The fraction of sp³-hybridized carbons (Fsp3) is 0. The zero-order valence-electron chi connectivity index (χ0n) is 14.8. The van der Waals surface area contributed by atoms with Gasteiger partial charge in [0.2, 0.25) is 0 Å². The van der Waals surface area contributed by atoms with Gasteiger partial charge in [-0.1, -0.05) is 23.7 Å². The number of amides is 4. The molecule has 1 N–H and O–H groups in total. The fourth-order valence-corrected chi connectivity index (χ4v) is 3.13. The van der Waals surface area contributed by atoms with Crippen LogP contribution in [0.3, 0.4) is 0 Å². The van der Waals surface area contributed by atoms with Crippen LogP contribution in [0.4, 0.5) is 14.9 Å². The van der Waals surface area contributed by atoms with Gasteiger partial charge in [0.05, 0.1) is 5.69 Å². The topological polar surface area (TPSA) is 71.4 Å². The first-order valence-corrected chi connectivity index (χ1v) is 8.93. The van der Waals surface area contributed by atoms with Gasteiger partial charge in [-0.15, -0.1) is 0 Å². The number of hydrogen-bond acceptors (Lipinski definition) is 3. The van der Waals surface area contributed by atoms with E-state index in [4.69, 9.17) is 11.6 Å². The predicted molar refractivity (Wildman–Crippen MR) is 106 cm³/mol. The molecule has 2 aromatic carbocycles. The number of benzene rings is 2. The van der Waals surface area contributed by atoms with Crippen molar-refractivity contribution in [3.05, 3.63) is 89.0 Å². The zero-order valence-corrected chi connectivity index (χ0v) is 15.6. The number of rotatable bonds is 3. The van der Waals surface area contributed by atoms with Crippen molar-refractivity contribution in [2.45, 2.75) is 0 Å². The number of aromatic nitrogens is 1. The van der Waals surface area contributed by atoms with E-state index in [0.717, 1.165) is 11.8 Å². The SMILES string of the molecule is O=C1NC(=O)N(c2ccccc2F)C(=O)/C1=C\c1cccn1-c1ccc(Cl)cc1. The van der Waals surface area contributed by atoms with Gasteiger partial charge in [0.25, 0.3) is 11.8 Å². The van der Waals surface area contributed by atoms with Crippen LogP contribution in [0.5, 0.6) is 0 Å². The number of barbiturate groups is 1. The molecular weight excluding hydrogens is 397 g/mol. The van der Waals surface area contributed by atoms with Crippen molar-refractivity contribution < 1.29 is 18.8 Å².